The molecular formula is C23H38N4O6. The van der Waals surface area contributed by atoms with Gasteiger partial charge in [-0.2, -0.15) is 0 Å². The van der Waals surface area contributed by atoms with Crippen molar-refractivity contribution in [1.29, 1.82) is 0 Å². The van der Waals surface area contributed by atoms with Gasteiger partial charge in [-0.05, 0) is 24.7 Å². The summed E-state index contributed by atoms with van der Waals surface area (Å²) in [6.07, 6.45) is 7.35. The predicted octanol–water partition coefficient (Wildman–Crippen LogP) is -0.135. The van der Waals surface area contributed by atoms with Crippen molar-refractivity contribution in [2.24, 2.45) is 5.41 Å². The monoisotopic (exact) mass is 466 g/mol. The number of carbonyl (C=O) groups is 4. The molecule has 0 aromatic heterocycles. The van der Waals surface area contributed by atoms with E-state index in [2.05, 4.69) is 27.2 Å². The van der Waals surface area contributed by atoms with Gasteiger partial charge in [0.2, 0.25) is 23.6 Å². The summed E-state index contributed by atoms with van der Waals surface area (Å²) in [7, 11) is 0. The quantitative estimate of drug-likeness (QED) is 0.305. The molecule has 2 unspecified atom stereocenters. The van der Waals surface area contributed by atoms with Crippen LogP contribution in [0.5, 0.6) is 0 Å². The molecule has 4 amide bonds. The van der Waals surface area contributed by atoms with Crippen LogP contribution < -0.4 is 21.3 Å². The van der Waals surface area contributed by atoms with E-state index >= 15 is 0 Å². The molecule has 1 saturated heterocycles. The molecule has 0 spiro atoms. The lowest BCUT2D eigenvalue weighted by molar-refractivity contribution is -0.133. The first-order chi connectivity index (χ1) is 15.6. The van der Waals surface area contributed by atoms with Crippen molar-refractivity contribution < 1.29 is 28.7 Å². The van der Waals surface area contributed by atoms with Gasteiger partial charge < -0.3 is 30.7 Å². The third-order valence-corrected chi connectivity index (χ3v) is 4.69. The van der Waals surface area contributed by atoms with Crippen LogP contribution in [0.3, 0.4) is 0 Å². The van der Waals surface area contributed by atoms with Gasteiger partial charge in [0, 0.05) is 25.9 Å². The minimum atomic E-state index is -0.917. The van der Waals surface area contributed by atoms with Crippen molar-refractivity contribution in [3.63, 3.8) is 0 Å². The molecule has 0 aliphatic carbocycles. The Balaban J connectivity index is 2.69. The molecule has 0 radical (unpaired) electrons. The Morgan fingerprint density at radius 2 is 1.79 bits per heavy atom. The summed E-state index contributed by atoms with van der Waals surface area (Å²) in [5.41, 5.74) is -0.0908. The fourth-order valence-corrected chi connectivity index (χ4v) is 3.10. The highest BCUT2D eigenvalue weighted by molar-refractivity contribution is 5.92. The molecule has 1 rings (SSSR count). The molecule has 1 aliphatic heterocycles. The van der Waals surface area contributed by atoms with E-state index in [-0.39, 0.29) is 50.7 Å². The number of carbonyl (C=O) groups excluding carboxylic acids is 4. The summed E-state index contributed by atoms with van der Waals surface area (Å²) in [4.78, 5) is 49.4. The van der Waals surface area contributed by atoms with Crippen LogP contribution in [0.15, 0.2) is 0 Å². The zero-order chi connectivity index (χ0) is 24.7. The second kappa shape index (κ2) is 15.2. The number of terminal acetylenes is 1. The smallest absolute Gasteiger partial charge is 0.246 e. The number of nitrogens with one attached hydrogen (secondary N) is 4. The van der Waals surface area contributed by atoms with E-state index in [4.69, 9.17) is 15.9 Å². The molecule has 1 fully saturated rings. The van der Waals surface area contributed by atoms with Crippen molar-refractivity contribution in [3.8, 4) is 12.3 Å². The Kier molecular flexibility index (Phi) is 13.1. The lowest BCUT2D eigenvalue weighted by Gasteiger charge is -2.22. The Labute approximate surface area is 196 Å². The summed E-state index contributed by atoms with van der Waals surface area (Å²) >= 11 is 0. The number of hydrogen-bond acceptors (Lipinski definition) is 6. The van der Waals surface area contributed by atoms with E-state index in [1.807, 2.05) is 20.8 Å². The molecule has 0 bridgehead atoms. The summed E-state index contributed by atoms with van der Waals surface area (Å²) in [5.74, 6) is 1.01. The first kappa shape index (κ1) is 28.4. The minimum absolute atomic E-state index is 0.0159. The number of unbranched alkanes of at least 4 members (excludes halogenated alkanes) is 1. The van der Waals surface area contributed by atoms with Crippen LogP contribution in [-0.2, 0) is 28.7 Å². The molecule has 33 heavy (non-hydrogen) atoms. The molecule has 2 atom stereocenters. The molecule has 10 nitrogen and oxygen atoms in total. The standard InChI is InChI=1S/C23H38N4O6/c1-5-8-17-21(30)25-11-12-32-13-14-33-16-20(29)26-18(22(31)27-17)9-6-7-10-24-19(28)15-23(2,3)4/h1,17-18H,6-16H2,2-4H3,(H,24,28)(H,25,30)(H,26,29)(H,27,31). The summed E-state index contributed by atoms with van der Waals surface area (Å²) < 4.78 is 10.6. The number of rotatable bonds is 7. The first-order valence-corrected chi connectivity index (χ1v) is 11.4. The summed E-state index contributed by atoms with van der Waals surface area (Å²) in [6, 6.07) is -1.78. The van der Waals surface area contributed by atoms with Crippen molar-refractivity contribution in [2.75, 3.05) is 39.5 Å². The zero-order valence-electron chi connectivity index (χ0n) is 20.0. The maximum absolute atomic E-state index is 12.8. The van der Waals surface area contributed by atoms with Crippen LogP contribution in [0.25, 0.3) is 0 Å². The zero-order valence-corrected chi connectivity index (χ0v) is 20.0. The van der Waals surface area contributed by atoms with Gasteiger partial charge in [-0.25, -0.2) is 0 Å². The van der Waals surface area contributed by atoms with E-state index < -0.39 is 29.8 Å². The van der Waals surface area contributed by atoms with Gasteiger partial charge in [0.15, 0.2) is 0 Å². The highest BCUT2D eigenvalue weighted by atomic mass is 16.5. The molecule has 0 aromatic carbocycles. The van der Waals surface area contributed by atoms with Crippen molar-refractivity contribution in [3.05, 3.63) is 0 Å². The number of ether oxygens (including phenoxy) is 2. The van der Waals surface area contributed by atoms with Crippen LogP contribution in [0.4, 0.5) is 0 Å². The van der Waals surface area contributed by atoms with Gasteiger partial charge in [-0.1, -0.05) is 20.8 Å². The second-order valence-electron chi connectivity index (χ2n) is 9.13. The Bertz CT molecular complexity index is 698. The van der Waals surface area contributed by atoms with Gasteiger partial charge in [0.25, 0.3) is 0 Å². The topological polar surface area (TPSA) is 135 Å². The maximum Gasteiger partial charge on any atom is 0.246 e. The highest BCUT2D eigenvalue weighted by Gasteiger charge is 2.26. The molecule has 186 valence electrons. The van der Waals surface area contributed by atoms with Crippen LogP contribution in [-0.4, -0.2) is 75.2 Å². The van der Waals surface area contributed by atoms with Crippen LogP contribution in [0, 0.1) is 17.8 Å². The van der Waals surface area contributed by atoms with Crippen molar-refractivity contribution in [2.45, 2.75) is 65.0 Å². The van der Waals surface area contributed by atoms with Gasteiger partial charge in [0.1, 0.15) is 18.7 Å². The normalized spacial score (nSPS) is 21.5. The average Bonchev–Trinajstić information content (AvgIpc) is 2.72. The lowest BCUT2D eigenvalue weighted by atomic mass is 9.92. The van der Waals surface area contributed by atoms with Crippen molar-refractivity contribution in [1.82, 2.24) is 21.3 Å². The molecule has 1 aliphatic rings. The van der Waals surface area contributed by atoms with Gasteiger partial charge in [-0.3, -0.25) is 19.2 Å². The predicted molar refractivity (Wildman–Crippen MR) is 123 cm³/mol. The lowest BCUT2D eigenvalue weighted by Crippen LogP contribution is -2.54. The molecule has 4 N–H and O–H groups in total. The van der Waals surface area contributed by atoms with Crippen LogP contribution in [0.2, 0.25) is 0 Å². The fourth-order valence-electron chi connectivity index (χ4n) is 3.10. The maximum atomic E-state index is 12.8. The van der Waals surface area contributed by atoms with E-state index in [0.29, 0.717) is 32.2 Å². The van der Waals surface area contributed by atoms with Gasteiger partial charge in [0.05, 0.1) is 19.8 Å². The molecule has 10 heteroatoms. The molecular weight excluding hydrogens is 428 g/mol. The Morgan fingerprint density at radius 1 is 1.06 bits per heavy atom. The molecule has 0 saturated carbocycles. The van der Waals surface area contributed by atoms with Gasteiger partial charge in [-0.15, -0.1) is 12.3 Å². The Morgan fingerprint density at radius 3 is 2.48 bits per heavy atom. The average molecular weight is 467 g/mol. The molecule has 1 heterocycles. The largest absolute Gasteiger partial charge is 0.377 e. The van der Waals surface area contributed by atoms with E-state index in [1.165, 1.54) is 0 Å². The Hall–Kier alpha value is -2.64. The van der Waals surface area contributed by atoms with E-state index in [9.17, 15) is 19.2 Å². The van der Waals surface area contributed by atoms with Crippen LogP contribution >= 0.6 is 0 Å². The second-order valence-corrected chi connectivity index (χ2v) is 9.13. The van der Waals surface area contributed by atoms with E-state index in [1.54, 1.807) is 0 Å². The molecule has 0 aromatic rings. The number of hydrogen-bond donors (Lipinski definition) is 4. The first-order valence-electron chi connectivity index (χ1n) is 11.4. The SMILES string of the molecule is C#CCC1NC(=O)C(CCCCNC(=O)CC(C)(C)C)NC(=O)COCCOCCNC1=O. The minimum Gasteiger partial charge on any atom is -0.377 e. The summed E-state index contributed by atoms with van der Waals surface area (Å²) in [6.45, 7) is 7.27. The number of amides is 4. The summed E-state index contributed by atoms with van der Waals surface area (Å²) in [5, 5.41) is 10.8. The highest BCUT2D eigenvalue weighted by Crippen LogP contribution is 2.17. The van der Waals surface area contributed by atoms with Crippen LogP contribution in [0.1, 0.15) is 52.9 Å². The van der Waals surface area contributed by atoms with Gasteiger partial charge >= 0.3 is 0 Å². The van der Waals surface area contributed by atoms with E-state index in [0.717, 1.165) is 0 Å². The van der Waals surface area contributed by atoms with Crippen molar-refractivity contribution >= 4 is 23.6 Å². The third kappa shape index (κ3) is 13.5. The fraction of sp³-hybridized carbons (Fsp3) is 0.739. The third-order valence-electron chi connectivity index (χ3n) is 4.69.